The average Bonchev–Trinajstić information content (AvgIpc) is 3.16. The topological polar surface area (TPSA) is 34.0 Å². The molecule has 2 heterocycles. The molecular formula is C16H14Cl2F3N2O-. The van der Waals surface area contributed by atoms with Crippen molar-refractivity contribution >= 4 is 29.1 Å². The predicted molar refractivity (Wildman–Crippen MR) is 86.4 cm³/mol. The quantitative estimate of drug-likeness (QED) is 0.602. The maximum Gasteiger partial charge on any atom is 0.415 e. The minimum atomic E-state index is -4.37. The van der Waals surface area contributed by atoms with Crippen LogP contribution in [-0.4, -0.2) is 17.0 Å². The molecule has 2 aromatic rings. The molecule has 0 bridgehead atoms. The third-order valence-corrected chi connectivity index (χ3v) is 3.90. The molecule has 3 nitrogen and oxygen atoms in total. The Kier molecular flexibility index (Phi) is 6.18. The number of halogens is 5. The highest BCUT2D eigenvalue weighted by atomic mass is 35.5. The number of carbonyl (C=O) groups is 1. The molecule has 0 unspecified atom stereocenters. The number of carbonyl (C=O) groups excluding carboxylic acids is 1. The van der Waals surface area contributed by atoms with Crippen molar-refractivity contribution in [1.29, 1.82) is 0 Å². The van der Waals surface area contributed by atoms with E-state index >= 15 is 0 Å². The summed E-state index contributed by atoms with van der Waals surface area (Å²) >= 11 is 11.5. The highest BCUT2D eigenvalue weighted by Gasteiger charge is 2.29. The van der Waals surface area contributed by atoms with Crippen LogP contribution >= 0.6 is 23.2 Å². The SMILES string of the molecule is FC(F)(F)c1cccc(-n2[c-]c(Cl)c(CCl)c2)c1.O=C1CCCN1. The number of alkyl halides is 4. The van der Waals surface area contributed by atoms with Gasteiger partial charge >= 0.3 is 6.18 Å². The lowest BCUT2D eigenvalue weighted by Crippen LogP contribution is -2.12. The summed E-state index contributed by atoms with van der Waals surface area (Å²) in [6.07, 6.45) is 1.67. The Hall–Kier alpha value is -1.66. The summed E-state index contributed by atoms with van der Waals surface area (Å²) in [5, 5.41) is 2.99. The van der Waals surface area contributed by atoms with E-state index in [2.05, 4.69) is 11.5 Å². The predicted octanol–water partition coefficient (Wildman–Crippen LogP) is 4.58. The molecule has 3 rings (SSSR count). The van der Waals surface area contributed by atoms with Crippen molar-refractivity contribution < 1.29 is 18.0 Å². The van der Waals surface area contributed by atoms with Crippen LogP contribution in [0.4, 0.5) is 13.2 Å². The first kappa shape index (κ1) is 18.7. The van der Waals surface area contributed by atoms with Crippen LogP contribution in [-0.2, 0) is 16.9 Å². The normalized spacial score (nSPS) is 14.1. The minimum Gasteiger partial charge on any atom is -0.449 e. The van der Waals surface area contributed by atoms with Crippen molar-refractivity contribution in [3.63, 3.8) is 0 Å². The van der Waals surface area contributed by atoms with E-state index in [4.69, 9.17) is 23.2 Å². The highest BCUT2D eigenvalue weighted by Crippen LogP contribution is 2.31. The first-order chi connectivity index (χ1) is 11.3. The molecule has 24 heavy (non-hydrogen) atoms. The first-order valence-corrected chi connectivity index (χ1v) is 8.02. The van der Waals surface area contributed by atoms with Crippen LogP contribution in [0.3, 0.4) is 0 Å². The van der Waals surface area contributed by atoms with E-state index in [0.717, 1.165) is 31.5 Å². The van der Waals surface area contributed by atoms with Gasteiger partial charge in [-0.1, -0.05) is 24.3 Å². The van der Waals surface area contributed by atoms with Gasteiger partial charge in [-0.3, -0.25) is 4.79 Å². The van der Waals surface area contributed by atoms with Gasteiger partial charge in [0.05, 0.1) is 0 Å². The molecule has 1 aliphatic rings. The molecule has 130 valence electrons. The molecule has 1 aliphatic heterocycles. The molecule has 0 saturated carbocycles. The minimum absolute atomic E-state index is 0.182. The molecule has 1 N–H and O–H groups in total. The summed E-state index contributed by atoms with van der Waals surface area (Å²) in [5.74, 6) is 0.386. The maximum absolute atomic E-state index is 12.6. The second-order valence-corrected chi connectivity index (χ2v) is 5.73. The molecule has 1 amide bonds. The van der Waals surface area contributed by atoms with Crippen molar-refractivity contribution in [3.8, 4) is 5.69 Å². The zero-order chi connectivity index (χ0) is 17.7. The lowest BCUT2D eigenvalue weighted by Gasteiger charge is -2.14. The number of amides is 1. The Morgan fingerprint density at radius 2 is 2.08 bits per heavy atom. The van der Waals surface area contributed by atoms with Gasteiger partial charge in [0.1, 0.15) is 0 Å². The fourth-order valence-electron chi connectivity index (χ4n) is 2.05. The monoisotopic (exact) mass is 377 g/mol. The maximum atomic E-state index is 12.6. The van der Waals surface area contributed by atoms with Crippen LogP contribution in [0.25, 0.3) is 5.69 Å². The zero-order valence-corrected chi connectivity index (χ0v) is 14.0. The van der Waals surface area contributed by atoms with Crippen LogP contribution in [0, 0.1) is 6.20 Å². The Morgan fingerprint density at radius 1 is 1.33 bits per heavy atom. The van der Waals surface area contributed by atoms with Gasteiger partial charge < -0.3 is 9.88 Å². The van der Waals surface area contributed by atoms with E-state index < -0.39 is 11.7 Å². The summed E-state index contributed by atoms with van der Waals surface area (Å²) in [5.41, 5.74) is 0.240. The number of nitrogens with zero attached hydrogens (tertiary/aromatic N) is 1. The smallest absolute Gasteiger partial charge is 0.415 e. The van der Waals surface area contributed by atoms with E-state index in [0.29, 0.717) is 16.3 Å². The van der Waals surface area contributed by atoms with Gasteiger partial charge in [0.25, 0.3) is 0 Å². The van der Waals surface area contributed by atoms with Crippen LogP contribution in [0.15, 0.2) is 30.5 Å². The molecule has 8 heteroatoms. The van der Waals surface area contributed by atoms with Crippen molar-refractivity contribution in [2.75, 3.05) is 6.54 Å². The van der Waals surface area contributed by atoms with Crippen molar-refractivity contribution in [2.45, 2.75) is 24.9 Å². The standard InChI is InChI=1S/C12H7Cl2F3N.C4H7NO/c13-5-8-6-18(7-11(8)14)10-3-1-2-9(4-10)12(15,16)17;6-4-2-1-3-5-4/h1-4,6H,5H2;1-3H2,(H,5,6)/q-1;. The summed E-state index contributed by atoms with van der Waals surface area (Å²) in [4.78, 5) is 10.1. The van der Waals surface area contributed by atoms with Gasteiger partial charge in [-0.15, -0.1) is 35.0 Å². The van der Waals surface area contributed by atoms with E-state index in [1.807, 2.05) is 0 Å². The van der Waals surface area contributed by atoms with E-state index in [1.165, 1.54) is 10.6 Å². The second kappa shape index (κ2) is 7.94. The molecule has 1 fully saturated rings. The largest absolute Gasteiger partial charge is 0.449 e. The lowest BCUT2D eigenvalue weighted by molar-refractivity contribution is -0.137. The Labute approximate surface area is 147 Å². The summed E-state index contributed by atoms with van der Waals surface area (Å²) in [6, 6.07) is 4.92. The van der Waals surface area contributed by atoms with Gasteiger partial charge in [0, 0.05) is 24.4 Å². The van der Waals surface area contributed by atoms with Crippen LogP contribution < -0.4 is 5.32 Å². The van der Waals surface area contributed by atoms with E-state index in [1.54, 1.807) is 12.3 Å². The Balaban J connectivity index is 0.000000292. The number of nitrogens with one attached hydrogen (secondary N) is 1. The Bertz CT molecular complexity index is 706. The van der Waals surface area contributed by atoms with Gasteiger partial charge in [-0.05, 0) is 23.3 Å². The van der Waals surface area contributed by atoms with Crippen LogP contribution in [0.1, 0.15) is 24.0 Å². The Morgan fingerprint density at radius 3 is 2.54 bits per heavy atom. The van der Waals surface area contributed by atoms with Gasteiger partial charge in [-0.25, -0.2) is 0 Å². The molecule has 0 atom stereocenters. The number of hydrogen-bond donors (Lipinski definition) is 1. The van der Waals surface area contributed by atoms with Crippen molar-refractivity contribution in [3.05, 3.63) is 52.8 Å². The summed E-state index contributed by atoms with van der Waals surface area (Å²) in [6.45, 7) is 0.888. The molecule has 0 aliphatic carbocycles. The van der Waals surface area contributed by atoms with E-state index in [-0.39, 0.29) is 11.8 Å². The summed E-state index contributed by atoms with van der Waals surface area (Å²) in [7, 11) is 0. The number of rotatable bonds is 2. The van der Waals surface area contributed by atoms with Crippen molar-refractivity contribution in [1.82, 2.24) is 9.88 Å². The molecule has 1 aromatic carbocycles. The van der Waals surface area contributed by atoms with Crippen molar-refractivity contribution in [2.24, 2.45) is 0 Å². The molecule has 0 radical (unpaired) electrons. The highest BCUT2D eigenvalue weighted by molar-refractivity contribution is 6.32. The number of hydrogen-bond acceptors (Lipinski definition) is 1. The first-order valence-electron chi connectivity index (χ1n) is 7.10. The fraction of sp³-hybridized carbons (Fsp3) is 0.312. The molecule has 0 spiro atoms. The number of aromatic nitrogens is 1. The molecule has 1 aromatic heterocycles. The lowest BCUT2D eigenvalue weighted by atomic mass is 10.2. The average molecular weight is 378 g/mol. The van der Waals surface area contributed by atoms with Crippen LogP contribution in [0.2, 0.25) is 5.02 Å². The molecular weight excluding hydrogens is 364 g/mol. The van der Waals surface area contributed by atoms with Gasteiger partial charge in [0.2, 0.25) is 5.91 Å². The second-order valence-electron chi connectivity index (χ2n) is 5.09. The third kappa shape index (κ3) is 4.92. The van der Waals surface area contributed by atoms with Gasteiger partial charge in [0.15, 0.2) is 0 Å². The third-order valence-electron chi connectivity index (χ3n) is 3.28. The van der Waals surface area contributed by atoms with E-state index in [9.17, 15) is 18.0 Å². The zero-order valence-electron chi connectivity index (χ0n) is 12.5. The van der Waals surface area contributed by atoms with Crippen LogP contribution in [0.5, 0.6) is 0 Å². The van der Waals surface area contributed by atoms with Gasteiger partial charge in [-0.2, -0.15) is 13.2 Å². The fourth-order valence-corrected chi connectivity index (χ4v) is 2.53. The number of benzene rings is 1. The summed E-state index contributed by atoms with van der Waals surface area (Å²) < 4.78 is 39.1. The molecule has 1 saturated heterocycles.